The van der Waals surface area contributed by atoms with E-state index in [1.54, 1.807) is 30.3 Å². The predicted molar refractivity (Wildman–Crippen MR) is 59.6 cm³/mol. The zero-order chi connectivity index (χ0) is 12.7. The lowest BCUT2D eigenvalue weighted by Crippen LogP contribution is -2.03. The maximum Gasteiger partial charge on any atom is 0.370 e. The van der Waals surface area contributed by atoms with Gasteiger partial charge in [-0.15, -0.1) is 0 Å². The molecule has 5 heteroatoms. The molecule has 17 heavy (non-hydrogen) atoms. The quantitative estimate of drug-likeness (QED) is 0.272. The Hall–Kier alpha value is -2.56. The average Bonchev–Trinajstić information content (AvgIpc) is 2.30. The van der Waals surface area contributed by atoms with Crippen LogP contribution in [0.3, 0.4) is 0 Å². The maximum atomic E-state index is 11.2. The molecule has 2 N–H and O–H groups in total. The number of carboxylic acid groups (broad SMARTS) is 1. The number of esters is 1. The van der Waals surface area contributed by atoms with E-state index in [2.05, 4.69) is 0 Å². The smallest absolute Gasteiger partial charge is 0.370 e. The topological polar surface area (TPSA) is 83.8 Å². The molecule has 0 amide bonds. The fourth-order valence-electron chi connectivity index (χ4n) is 0.928. The van der Waals surface area contributed by atoms with Crippen molar-refractivity contribution in [2.24, 2.45) is 0 Å². The molecule has 0 aromatic heterocycles. The minimum absolute atomic E-state index is 0.383. The first-order valence-electron chi connectivity index (χ1n) is 4.67. The van der Waals surface area contributed by atoms with E-state index in [1.807, 2.05) is 0 Å². The summed E-state index contributed by atoms with van der Waals surface area (Å²) >= 11 is 0. The van der Waals surface area contributed by atoms with Crippen molar-refractivity contribution in [1.82, 2.24) is 0 Å². The van der Waals surface area contributed by atoms with Crippen molar-refractivity contribution in [3.05, 3.63) is 54.3 Å². The number of carbonyl (C=O) groups is 2. The molecule has 0 heterocycles. The first kappa shape index (κ1) is 12.5. The molecular weight excluding hydrogens is 224 g/mol. The summed E-state index contributed by atoms with van der Waals surface area (Å²) in [5.74, 6) is -2.60. The Kier molecular flexibility index (Phi) is 4.50. The predicted octanol–water partition coefficient (Wildman–Crippen LogP) is 1.67. The Morgan fingerprint density at radius 2 is 1.76 bits per heavy atom. The number of aliphatic carboxylic acids is 1. The summed E-state index contributed by atoms with van der Waals surface area (Å²) in [5.41, 5.74) is 0. The van der Waals surface area contributed by atoms with Gasteiger partial charge in [0.1, 0.15) is 5.75 Å². The number of benzene rings is 1. The Morgan fingerprint density at radius 3 is 2.35 bits per heavy atom. The second-order valence-corrected chi connectivity index (χ2v) is 2.95. The molecule has 0 bridgehead atoms. The Morgan fingerprint density at radius 1 is 1.12 bits per heavy atom. The SMILES string of the molecule is O=C(/C=C/C=C(\O)C(=O)O)Oc1ccccc1. The van der Waals surface area contributed by atoms with E-state index < -0.39 is 17.7 Å². The van der Waals surface area contributed by atoms with Gasteiger partial charge in [-0.1, -0.05) is 24.3 Å². The van der Waals surface area contributed by atoms with Gasteiger partial charge in [-0.25, -0.2) is 9.59 Å². The summed E-state index contributed by atoms with van der Waals surface area (Å²) in [4.78, 5) is 21.4. The maximum absolute atomic E-state index is 11.2. The molecule has 0 saturated carbocycles. The zero-order valence-corrected chi connectivity index (χ0v) is 8.74. The molecule has 1 rings (SSSR count). The number of hydrogen-bond acceptors (Lipinski definition) is 4. The van der Waals surface area contributed by atoms with Crippen LogP contribution in [0.4, 0.5) is 0 Å². The first-order chi connectivity index (χ1) is 8.09. The monoisotopic (exact) mass is 234 g/mol. The number of para-hydroxylation sites is 1. The number of carbonyl (C=O) groups excluding carboxylic acids is 1. The first-order valence-corrected chi connectivity index (χ1v) is 4.67. The lowest BCUT2D eigenvalue weighted by atomic mass is 10.3. The minimum Gasteiger partial charge on any atom is -0.502 e. The van der Waals surface area contributed by atoms with Crippen LogP contribution < -0.4 is 4.74 Å². The van der Waals surface area contributed by atoms with E-state index in [0.717, 1.165) is 18.2 Å². The summed E-state index contributed by atoms with van der Waals surface area (Å²) in [6, 6.07) is 8.42. The summed E-state index contributed by atoms with van der Waals surface area (Å²) in [5, 5.41) is 17.1. The van der Waals surface area contributed by atoms with Crippen LogP contribution in [-0.4, -0.2) is 22.2 Å². The number of aliphatic hydroxyl groups is 1. The Balaban J connectivity index is 2.54. The number of hydrogen-bond donors (Lipinski definition) is 2. The van der Waals surface area contributed by atoms with Gasteiger partial charge in [0.25, 0.3) is 0 Å². The van der Waals surface area contributed by atoms with Crippen LogP contribution in [0.1, 0.15) is 0 Å². The third-order valence-corrected chi connectivity index (χ3v) is 1.67. The van der Waals surface area contributed by atoms with E-state index in [-0.39, 0.29) is 0 Å². The summed E-state index contributed by atoms with van der Waals surface area (Å²) in [6.07, 6.45) is 2.98. The van der Waals surface area contributed by atoms with Gasteiger partial charge < -0.3 is 14.9 Å². The van der Waals surface area contributed by atoms with E-state index in [0.29, 0.717) is 5.75 Å². The highest BCUT2D eigenvalue weighted by Crippen LogP contribution is 2.08. The van der Waals surface area contributed by atoms with E-state index in [9.17, 15) is 9.59 Å². The van der Waals surface area contributed by atoms with E-state index >= 15 is 0 Å². The molecule has 0 aliphatic rings. The van der Waals surface area contributed by atoms with Crippen LogP contribution in [0.2, 0.25) is 0 Å². The largest absolute Gasteiger partial charge is 0.502 e. The molecule has 0 fully saturated rings. The second kappa shape index (κ2) is 6.12. The van der Waals surface area contributed by atoms with Gasteiger partial charge in [-0.2, -0.15) is 0 Å². The van der Waals surface area contributed by atoms with Crippen molar-refractivity contribution in [3.63, 3.8) is 0 Å². The number of ether oxygens (including phenoxy) is 1. The van der Waals surface area contributed by atoms with Gasteiger partial charge in [-0.05, 0) is 18.2 Å². The minimum atomic E-state index is -1.47. The number of carboxylic acids is 1. The van der Waals surface area contributed by atoms with Gasteiger partial charge in [0.15, 0.2) is 0 Å². The van der Waals surface area contributed by atoms with Crippen LogP contribution in [-0.2, 0) is 9.59 Å². The summed E-state index contributed by atoms with van der Waals surface area (Å²) < 4.78 is 4.87. The zero-order valence-electron chi connectivity index (χ0n) is 8.74. The Labute approximate surface area is 97.3 Å². The summed E-state index contributed by atoms with van der Waals surface area (Å²) in [7, 11) is 0. The molecule has 0 aliphatic heterocycles. The standard InChI is InChI=1S/C12H10O5/c13-10(12(15)16)7-4-8-11(14)17-9-5-2-1-3-6-9/h1-8,13H,(H,15,16)/b8-4+,10-7-. The number of rotatable bonds is 4. The highest BCUT2D eigenvalue weighted by atomic mass is 16.5. The van der Waals surface area contributed by atoms with Crippen LogP contribution in [0.5, 0.6) is 5.75 Å². The molecule has 0 saturated heterocycles. The van der Waals surface area contributed by atoms with Gasteiger partial charge in [-0.3, -0.25) is 0 Å². The van der Waals surface area contributed by atoms with Crippen molar-refractivity contribution in [3.8, 4) is 5.75 Å². The van der Waals surface area contributed by atoms with Gasteiger partial charge >= 0.3 is 11.9 Å². The van der Waals surface area contributed by atoms with Crippen molar-refractivity contribution in [1.29, 1.82) is 0 Å². The van der Waals surface area contributed by atoms with Crippen molar-refractivity contribution in [2.75, 3.05) is 0 Å². The lowest BCUT2D eigenvalue weighted by Gasteiger charge is -1.98. The molecule has 0 unspecified atom stereocenters. The van der Waals surface area contributed by atoms with Crippen LogP contribution in [0, 0.1) is 0 Å². The van der Waals surface area contributed by atoms with Gasteiger partial charge in [0, 0.05) is 6.08 Å². The Bertz CT molecular complexity index is 459. The van der Waals surface area contributed by atoms with Crippen molar-refractivity contribution in [2.45, 2.75) is 0 Å². The van der Waals surface area contributed by atoms with Crippen molar-refractivity contribution < 1.29 is 24.5 Å². The molecule has 0 atom stereocenters. The fraction of sp³-hybridized carbons (Fsp3) is 0. The molecule has 5 nitrogen and oxygen atoms in total. The molecular formula is C12H10O5. The lowest BCUT2D eigenvalue weighted by molar-refractivity contribution is -0.135. The molecule has 0 spiro atoms. The summed E-state index contributed by atoms with van der Waals surface area (Å²) in [6.45, 7) is 0. The molecule has 0 aliphatic carbocycles. The normalized spacial score (nSPS) is 11.4. The van der Waals surface area contributed by atoms with Crippen LogP contribution >= 0.6 is 0 Å². The third-order valence-electron chi connectivity index (χ3n) is 1.67. The number of allylic oxidation sites excluding steroid dienone is 2. The van der Waals surface area contributed by atoms with E-state index in [1.165, 1.54) is 0 Å². The molecule has 88 valence electrons. The molecule has 1 aromatic carbocycles. The van der Waals surface area contributed by atoms with Gasteiger partial charge in [0.2, 0.25) is 5.76 Å². The number of aliphatic hydroxyl groups excluding tert-OH is 1. The van der Waals surface area contributed by atoms with Crippen molar-refractivity contribution >= 4 is 11.9 Å². The fourth-order valence-corrected chi connectivity index (χ4v) is 0.928. The van der Waals surface area contributed by atoms with Crippen LogP contribution in [0.25, 0.3) is 0 Å². The third kappa shape index (κ3) is 4.65. The highest BCUT2D eigenvalue weighted by Gasteiger charge is 2.01. The molecule has 0 radical (unpaired) electrons. The second-order valence-electron chi connectivity index (χ2n) is 2.95. The average molecular weight is 234 g/mol. The molecule has 1 aromatic rings. The van der Waals surface area contributed by atoms with E-state index in [4.69, 9.17) is 14.9 Å². The highest BCUT2D eigenvalue weighted by molar-refractivity contribution is 5.86. The van der Waals surface area contributed by atoms with Gasteiger partial charge in [0.05, 0.1) is 0 Å². The van der Waals surface area contributed by atoms with Crippen LogP contribution in [0.15, 0.2) is 54.3 Å².